The molecule has 2 heteroatoms. The Hall–Kier alpha value is -0.860. The molecule has 0 bridgehead atoms. The van der Waals surface area contributed by atoms with Crippen LogP contribution in [-0.2, 0) is 6.54 Å². The summed E-state index contributed by atoms with van der Waals surface area (Å²) in [5.41, 5.74) is 1.46. The summed E-state index contributed by atoms with van der Waals surface area (Å²) < 4.78 is 0. The van der Waals surface area contributed by atoms with Crippen molar-refractivity contribution in [1.29, 1.82) is 0 Å². The molecule has 2 saturated heterocycles. The highest BCUT2D eigenvalue weighted by Gasteiger charge is 2.32. The third kappa shape index (κ3) is 3.87. The van der Waals surface area contributed by atoms with Crippen LogP contribution in [0.3, 0.4) is 0 Å². The van der Waals surface area contributed by atoms with Gasteiger partial charge in [0.25, 0.3) is 0 Å². The second-order valence-electron chi connectivity index (χ2n) is 6.84. The quantitative estimate of drug-likeness (QED) is 0.831. The van der Waals surface area contributed by atoms with E-state index in [2.05, 4.69) is 47.1 Å². The van der Waals surface area contributed by atoms with E-state index in [0.717, 1.165) is 18.5 Å². The summed E-state index contributed by atoms with van der Waals surface area (Å²) in [5.74, 6) is 0.862. The predicted molar refractivity (Wildman–Crippen MR) is 89.3 cm³/mol. The van der Waals surface area contributed by atoms with Gasteiger partial charge >= 0.3 is 0 Å². The summed E-state index contributed by atoms with van der Waals surface area (Å²) >= 11 is 0. The summed E-state index contributed by atoms with van der Waals surface area (Å²) in [6.07, 6.45) is 6.97. The van der Waals surface area contributed by atoms with E-state index >= 15 is 0 Å². The zero-order valence-corrected chi connectivity index (χ0v) is 13.5. The molecule has 3 rings (SSSR count). The van der Waals surface area contributed by atoms with Crippen LogP contribution in [0.5, 0.6) is 0 Å². The third-order valence-corrected chi connectivity index (χ3v) is 5.41. The maximum atomic E-state index is 2.80. The minimum atomic E-state index is 0.849. The Morgan fingerprint density at radius 3 is 2.48 bits per heavy atom. The molecule has 0 N–H and O–H groups in total. The number of piperidine rings is 2. The SMILES string of the molecule is CCC1CN(Cc2ccccc2)CCC1N1CCCCC1. The molecule has 2 aliphatic rings. The molecule has 1 aromatic carbocycles. The van der Waals surface area contributed by atoms with Crippen molar-refractivity contribution in [3.63, 3.8) is 0 Å². The van der Waals surface area contributed by atoms with E-state index in [1.165, 1.54) is 63.8 Å². The maximum absolute atomic E-state index is 2.80. The van der Waals surface area contributed by atoms with Crippen molar-refractivity contribution >= 4 is 0 Å². The van der Waals surface area contributed by atoms with Gasteiger partial charge < -0.3 is 4.90 Å². The molecule has 2 heterocycles. The molecular formula is C19H30N2. The lowest BCUT2D eigenvalue weighted by Gasteiger charge is -2.45. The van der Waals surface area contributed by atoms with E-state index < -0.39 is 0 Å². The Balaban J connectivity index is 1.58. The number of nitrogens with zero attached hydrogens (tertiary/aromatic N) is 2. The van der Waals surface area contributed by atoms with Crippen LogP contribution in [0.25, 0.3) is 0 Å². The summed E-state index contributed by atoms with van der Waals surface area (Å²) in [7, 11) is 0. The van der Waals surface area contributed by atoms with Gasteiger partial charge in [-0.1, -0.05) is 50.1 Å². The lowest BCUT2D eigenvalue weighted by Crippen LogP contribution is -2.52. The van der Waals surface area contributed by atoms with Gasteiger partial charge in [0.1, 0.15) is 0 Å². The maximum Gasteiger partial charge on any atom is 0.0233 e. The first-order valence-corrected chi connectivity index (χ1v) is 8.87. The van der Waals surface area contributed by atoms with Crippen LogP contribution in [0.4, 0.5) is 0 Å². The van der Waals surface area contributed by atoms with Crippen molar-refractivity contribution in [2.75, 3.05) is 26.2 Å². The molecule has 0 amide bonds. The Labute approximate surface area is 130 Å². The molecule has 2 unspecified atom stereocenters. The molecule has 2 aliphatic heterocycles. The third-order valence-electron chi connectivity index (χ3n) is 5.41. The molecule has 116 valence electrons. The average molecular weight is 286 g/mol. The van der Waals surface area contributed by atoms with Gasteiger partial charge in [0.05, 0.1) is 0 Å². The van der Waals surface area contributed by atoms with Gasteiger partial charge in [-0.3, -0.25) is 4.90 Å². The fraction of sp³-hybridized carbons (Fsp3) is 0.684. The lowest BCUT2D eigenvalue weighted by atomic mass is 9.87. The Morgan fingerprint density at radius 2 is 1.76 bits per heavy atom. The van der Waals surface area contributed by atoms with Crippen LogP contribution >= 0.6 is 0 Å². The van der Waals surface area contributed by atoms with Crippen LogP contribution < -0.4 is 0 Å². The van der Waals surface area contributed by atoms with E-state index in [-0.39, 0.29) is 0 Å². The van der Waals surface area contributed by atoms with Gasteiger partial charge in [0.2, 0.25) is 0 Å². The standard InChI is InChI=1S/C19H30N2/c1-2-18-16-20(15-17-9-5-3-6-10-17)14-11-19(18)21-12-7-4-8-13-21/h3,5-6,9-10,18-19H,2,4,7-8,11-16H2,1H3. The minimum absolute atomic E-state index is 0.849. The first-order chi connectivity index (χ1) is 10.4. The highest BCUT2D eigenvalue weighted by molar-refractivity contribution is 5.14. The van der Waals surface area contributed by atoms with Crippen molar-refractivity contribution in [3.05, 3.63) is 35.9 Å². The Bertz CT molecular complexity index is 411. The van der Waals surface area contributed by atoms with Crippen molar-refractivity contribution in [2.45, 2.75) is 51.6 Å². The van der Waals surface area contributed by atoms with Crippen LogP contribution in [0.2, 0.25) is 0 Å². The Kier molecular flexibility index (Phi) is 5.32. The number of likely N-dealkylation sites (tertiary alicyclic amines) is 2. The van der Waals surface area contributed by atoms with Crippen molar-refractivity contribution in [1.82, 2.24) is 9.80 Å². The monoisotopic (exact) mass is 286 g/mol. The van der Waals surface area contributed by atoms with Crippen molar-refractivity contribution in [3.8, 4) is 0 Å². The van der Waals surface area contributed by atoms with Crippen LogP contribution in [0.1, 0.15) is 44.6 Å². The van der Waals surface area contributed by atoms with E-state index in [4.69, 9.17) is 0 Å². The molecule has 2 nitrogen and oxygen atoms in total. The second-order valence-corrected chi connectivity index (χ2v) is 6.84. The van der Waals surface area contributed by atoms with Crippen LogP contribution in [0, 0.1) is 5.92 Å². The lowest BCUT2D eigenvalue weighted by molar-refractivity contribution is 0.0400. The molecule has 0 spiro atoms. The smallest absolute Gasteiger partial charge is 0.0233 e. The van der Waals surface area contributed by atoms with E-state index in [1.807, 2.05) is 0 Å². The van der Waals surface area contributed by atoms with Crippen molar-refractivity contribution < 1.29 is 0 Å². The summed E-state index contributed by atoms with van der Waals surface area (Å²) in [5, 5.41) is 0. The number of hydrogen-bond acceptors (Lipinski definition) is 2. The van der Waals surface area contributed by atoms with Gasteiger partial charge in [0.15, 0.2) is 0 Å². The van der Waals surface area contributed by atoms with Gasteiger partial charge in [-0.15, -0.1) is 0 Å². The van der Waals surface area contributed by atoms with Gasteiger partial charge in [0, 0.05) is 19.1 Å². The van der Waals surface area contributed by atoms with Gasteiger partial charge in [-0.05, 0) is 50.4 Å². The van der Waals surface area contributed by atoms with E-state index in [1.54, 1.807) is 0 Å². The van der Waals surface area contributed by atoms with E-state index in [9.17, 15) is 0 Å². The topological polar surface area (TPSA) is 6.48 Å². The zero-order chi connectivity index (χ0) is 14.5. The molecule has 0 aliphatic carbocycles. The highest BCUT2D eigenvalue weighted by Crippen LogP contribution is 2.28. The Morgan fingerprint density at radius 1 is 1.00 bits per heavy atom. The molecule has 21 heavy (non-hydrogen) atoms. The molecule has 1 aromatic rings. The fourth-order valence-electron chi connectivity index (χ4n) is 4.21. The van der Waals surface area contributed by atoms with Gasteiger partial charge in [-0.2, -0.15) is 0 Å². The summed E-state index contributed by atoms with van der Waals surface area (Å²) in [6, 6.07) is 11.8. The molecule has 2 atom stereocenters. The fourth-order valence-corrected chi connectivity index (χ4v) is 4.21. The first-order valence-electron chi connectivity index (χ1n) is 8.87. The first kappa shape index (κ1) is 15.1. The van der Waals surface area contributed by atoms with Crippen LogP contribution in [-0.4, -0.2) is 42.0 Å². The van der Waals surface area contributed by atoms with Crippen molar-refractivity contribution in [2.24, 2.45) is 5.92 Å². The predicted octanol–water partition coefficient (Wildman–Crippen LogP) is 3.77. The largest absolute Gasteiger partial charge is 0.300 e. The molecular weight excluding hydrogens is 256 g/mol. The molecule has 2 fully saturated rings. The number of hydrogen-bond donors (Lipinski definition) is 0. The van der Waals surface area contributed by atoms with E-state index in [0.29, 0.717) is 0 Å². The second kappa shape index (κ2) is 7.42. The average Bonchev–Trinajstić information content (AvgIpc) is 2.56. The molecule has 0 radical (unpaired) electrons. The highest BCUT2D eigenvalue weighted by atomic mass is 15.2. The summed E-state index contributed by atoms with van der Waals surface area (Å²) in [6.45, 7) is 8.76. The zero-order valence-electron chi connectivity index (χ0n) is 13.5. The normalized spacial score (nSPS) is 28.6. The summed E-state index contributed by atoms with van der Waals surface area (Å²) in [4.78, 5) is 5.47. The molecule has 0 saturated carbocycles. The molecule has 0 aromatic heterocycles. The minimum Gasteiger partial charge on any atom is -0.300 e. The number of rotatable bonds is 4. The number of benzene rings is 1. The van der Waals surface area contributed by atoms with Crippen LogP contribution in [0.15, 0.2) is 30.3 Å². The van der Waals surface area contributed by atoms with Gasteiger partial charge in [-0.25, -0.2) is 0 Å².